The van der Waals surface area contributed by atoms with Crippen LogP contribution in [-0.2, 0) is 0 Å². The van der Waals surface area contributed by atoms with Crippen LogP contribution < -0.4 is 5.32 Å². The van der Waals surface area contributed by atoms with Gasteiger partial charge in [-0.15, -0.1) is 0 Å². The number of nitrogens with zero attached hydrogens (tertiary/aromatic N) is 1. The highest BCUT2D eigenvalue weighted by Crippen LogP contribution is 2.41. The molecule has 0 saturated heterocycles. The zero-order chi connectivity index (χ0) is 16.0. The second-order valence-corrected chi connectivity index (χ2v) is 6.75. The summed E-state index contributed by atoms with van der Waals surface area (Å²) >= 11 is 12.6. The highest BCUT2D eigenvalue weighted by atomic mass is 35.5. The maximum Gasteiger partial charge on any atom is 0.0834 e. The molecule has 5 nitrogen and oxygen atoms in total. The molecule has 0 spiro atoms. The molecule has 1 fully saturated rings. The largest absolute Gasteiger partial charge is 0.393 e. The quantitative estimate of drug-likeness (QED) is 0.571. The van der Waals surface area contributed by atoms with E-state index < -0.39 is 0 Å². The van der Waals surface area contributed by atoms with E-state index in [2.05, 4.69) is 20.5 Å². The highest BCUT2D eigenvalue weighted by Gasteiger charge is 2.24. The summed E-state index contributed by atoms with van der Waals surface area (Å²) in [7, 11) is 0. The van der Waals surface area contributed by atoms with Crippen LogP contribution in [-0.4, -0.2) is 32.4 Å². The third-order valence-corrected chi connectivity index (χ3v) is 5.21. The summed E-state index contributed by atoms with van der Waals surface area (Å²) in [4.78, 5) is 3.21. The maximum absolute atomic E-state index is 9.75. The van der Waals surface area contributed by atoms with Gasteiger partial charge in [-0.3, -0.25) is 5.10 Å². The van der Waals surface area contributed by atoms with Crippen LogP contribution in [0.3, 0.4) is 0 Å². The topological polar surface area (TPSA) is 76.7 Å². The molecule has 4 rings (SSSR count). The number of aliphatic hydroxyl groups excluding tert-OH is 1. The van der Waals surface area contributed by atoms with E-state index in [1.807, 2.05) is 18.5 Å². The van der Waals surface area contributed by atoms with Crippen molar-refractivity contribution in [1.82, 2.24) is 15.2 Å². The molecule has 2 unspecified atom stereocenters. The molecule has 7 heteroatoms. The van der Waals surface area contributed by atoms with Crippen molar-refractivity contribution in [3.8, 4) is 11.1 Å². The minimum atomic E-state index is -0.231. The second-order valence-electron chi connectivity index (χ2n) is 5.97. The van der Waals surface area contributed by atoms with E-state index in [1.165, 1.54) is 0 Å². The summed E-state index contributed by atoms with van der Waals surface area (Å²) in [5.74, 6) is 0. The van der Waals surface area contributed by atoms with Crippen LogP contribution in [0.5, 0.6) is 0 Å². The van der Waals surface area contributed by atoms with Crippen LogP contribution >= 0.6 is 23.2 Å². The Morgan fingerprint density at radius 3 is 2.83 bits per heavy atom. The van der Waals surface area contributed by atoms with Gasteiger partial charge in [0.05, 0.1) is 27.9 Å². The van der Waals surface area contributed by atoms with Crippen LogP contribution in [0.2, 0.25) is 10.0 Å². The molecule has 1 aliphatic carbocycles. The van der Waals surface area contributed by atoms with E-state index in [-0.39, 0.29) is 12.1 Å². The number of hydrogen-bond donors (Lipinski definition) is 4. The van der Waals surface area contributed by atoms with Gasteiger partial charge in [-0.1, -0.05) is 23.2 Å². The number of hydrogen-bond acceptors (Lipinski definition) is 3. The Hall–Kier alpha value is -1.69. The first-order valence-corrected chi connectivity index (χ1v) is 8.32. The average Bonchev–Trinajstić information content (AvgIpc) is 3.24. The van der Waals surface area contributed by atoms with Gasteiger partial charge in [0.15, 0.2) is 0 Å². The SMILES string of the molecule is OC1CCC(Nc2cc(Cl)c(Cl)c3[nH]cc(-c4cn[nH]c4)c23)C1. The lowest BCUT2D eigenvalue weighted by atomic mass is 10.1. The monoisotopic (exact) mass is 350 g/mol. The van der Waals surface area contributed by atoms with Crippen molar-refractivity contribution in [2.75, 3.05) is 5.32 Å². The smallest absolute Gasteiger partial charge is 0.0834 e. The number of anilines is 1. The standard InChI is InChI=1S/C16H16Cl2N4O/c17-12-4-13(22-9-1-2-10(23)3-9)14-11(8-5-20-21-6-8)7-19-16(14)15(12)18/h4-7,9-10,19,22-23H,1-3H2,(H,20,21). The van der Waals surface area contributed by atoms with Gasteiger partial charge in [-0.2, -0.15) is 5.10 Å². The molecule has 23 heavy (non-hydrogen) atoms. The van der Waals surface area contributed by atoms with E-state index >= 15 is 0 Å². The molecular formula is C16H16Cl2N4O. The van der Waals surface area contributed by atoms with Crippen molar-refractivity contribution >= 4 is 39.8 Å². The molecule has 2 heterocycles. The first-order chi connectivity index (χ1) is 11.1. The van der Waals surface area contributed by atoms with E-state index in [0.29, 0.717) is 10.0 Å². The Labute approximate surface area is 143 Å². The molecular weight excluding hydrogens is 335 g/mol. The highest BCUT2D eigenvalue weighted by molar-refractivity contribution is 6.46. The van der Waals surface area contributed by atoms with Gasteiger partial charge in [0.25, 0.3) is 0 Å². The molecule has 3 aromatic rings. The molecule has 0 aliphatic heterocycles. The normalized spacial score (nSPS) is 21.2. The van der Waals surface area contributed by atoms with Crippen LogP contribution in [0.25, 0.3) is 22.0 Å². The minimum absolute atomic E-state index is 0.231. The fourth-order valence-corrected chi connectivity index (χ4v) is 3.71. The number of fused-ring (bicyclic) bond motifs is 1. The molecule has 0 amide bonds. The van der Waals surface area contributed by atoms with E-state index in [4.69, 9.17) is 23.2 Å². The van der Waals surface area contributed by atoms with Crippen LogP contribution in [0.15, 0.2) is 24.7 Å². The third kappa shape index (κ3) is 2.59. The number of aromatic amines is 2. The van der Waals surface area contributed by atoms with Gasteiger partial charge >= 0.3 is 0 Å². The van der Waals surface area contributed by atoms with Crippen molar-refractivity contribution in [2.45, 2.75) is 31.4 Å². The van der Waals surface area contributed by atoms with Crippen molar-refractivity contribution in [2.24, 2.45) is 0 Å². The van der Waals surface area contributed by atoms with Crippen molar-refractivity contribution in [3.05, 3.63) is 34.7 Å². The zero-order valence-corrected chi connectivity index (χ0v) is 13.7. The number of nitrogens with one attached hydrogen (secondary N) is 3. The summed E-state index contributed by atoms with van der Waals surface area (Å²) in [6, 6.07) is 2.09. The molecule has 0 radical (unpaired) electrons. The number of rotatable bonds is 3. The lowest BCUT2D eigenvalue weighted by molar-refractivity contribution is 0.182. The first-order valence-electron chi connectivity index (χ1n) is 7.56. The third-order valence-electron chi connectivity index (χ3n) is 4.42. The lowest BCUT2D eigenvalue weighted by Crippen LogP contribution is -2.16. The molecule has 1 aromatic carbocycles. The van der Waals surface area contributed by atoms with E-state index in [1.54, 1.807) is 6.20 Å². The number of aromatic nitrogens is 3. The summed E-state index contributed by atoms with van der Waals surface area (Å²) in [5, 5.41) is 22.1. The van der Waals surface area contributed by atoms with Crippen LogP contribution in [0.1, 0.15) is 19.3 Å². The summed E-state index contributed by atoms with van der Waals surface area (Å²) < 4.78 is 0. The predicted molar refractivity (Wildman–Crippen MR) is 93.2 cm³/mol. The molecule has 120 valence electrons. The number of benzene rings is 1. The van der Waals surface area contributed by atoms with Gasteiger partial charge in [-0.05, 0) is 25.3 Å². The Morgan fingerprint density at radius 2 is 2.13 bits per heavy atom. The molecule has 2 aromatic heterocycles. The number of H-pyrrole nitrogens is 2. The zero-order valence-electron chi connectivity index (χ0n) is 12.2. The molecule has 1 saturated carbocycles. The fraction of sp³-hybridized carbons (Fsp3) is 0.312. The Kier molecular flexibility index (Phi) is 3.71. The van der Waals surface area contributed by atoms with Crippen molar-refractivity contribution < 1.29 is 5.11 Å². The van der Waals surface area contributed by atoms with Gasteiger partial charge in [0, 0.05) is 40.6 Å². The van der Waals surface area contributed by atoms with E-state index in [0.717, 1.165) is 47.0 Å². The number of aliphatic hydroxyl groups is 1. The van der Waals surface area contributed by atoms with Crippen LogP contribution in [0, 0.1) is 0 Å². The van der Waals surface area contributed by atoms with Gasteiger partial charge in [0.2, 0.25) is 0 Å². The van der Waals surface area contributed by atoms with Crippen molar-refractivity contribution in [3.63, 3.8) is 0 Å². The van der Waals surface area contributed by atoms with Crippen molar-refractivity contribution in [1.29, 1.82) is 0 Å². The molecule has 0 bridgehead atoms. The fourth-order valence-electron chi connectivity index (χ4n) is 3.31. The van der Waals surface area contributed by atoms with Gasteiger partial charge in [0.1, 0.15) is 0 Å². The van der Waals surface area contributed by atoms with Crippen LogP contribution in [0.4, 0.5) is 5.69 Å². The maximum atomic E-state index is 9.75. The lowest BCUT2D eigenvalue weighted by Gasteiger charge is -2.16. The molecule has 2 atom stereocenters. The molecule has 4 N–H and O–H groups in total. The summed E-state index contributed by atoms with van der Waals surface area (Å²) in [6.07, 6.45) is 7.80. The number of halogens is 2. The second kappa shape index (κ2) is 5.74. The average molecular weight is 351 g/mol. The summed E-state index contributed by atoms with van der Waals surface area (Å²) in [6.45, 7) is 0. The van der Waals surface area contributed by atoms with E-state index in [9.17, 15) is 5.11 Å². The Morgan fingerprint density at radius 1 is 1.26 bits per heavy atom. The Balaban J connectivity index is 1.85. The Bertz CT molecular complexity index is 844. The minimum Gasteiger partial charge on any atom is -0.393 e. The molecule has 1 aliphatic rings. The first kappa shape index (κ1) is 14.9. The predicted octanol–water partition coefficient (Wildman–Crippen LogP) is 4.19. The van der Waals surface area contributed by atoms with Gasteiger partial charge < -0.3 is 15.4 Å². The summed E-state index contributed by atoms with van der Waals surface area (Å²) in [5.41, 5.74) is 3.71. The van der Waals surface area contributed by atoms with Gasteiger partial charge in [-0.25, -0.2) is 0 Å².